The van der Waals surface area contributed by atoms with Gasteiger partial charge in [-0.15, -0.1) is 0 Å². The fourth-order valence-corrected chi connectivity index (χ4v) is 4.31. The summed E-state index contributed by atoms with van der Waals surface area (Å²) in [5, 5.41) is 26.8. The number of aliphatic hydroxyl groups is 1. The van der Waals surface area contributed by atoms with E-state index in [1.807, 2.05) is 6.92 Å². The lowest BCUT2D eigenvalue weighted by Gasteiger charge is -2.16. The van der Waals surface area contributed by atoms with Crippen molar-refractivity contribution in [1.82, 2.24) is 16.0 Å². The second kappa shape index (κ2) is 28.0. The van der Waals surface area contributed by atoms with Crippen molar-refractivity contribution in [1.29, 1.82) is 0 Å². The Bertz CT molecular complexity index is 962. The maximum atomic E-state index is 12.3. The van der Waals surface area contributed by atoms with Crippen LogP contribution in [0.3, 0.4) is 0 Å². The van der Waals surface area contributed by atoms with E-state index in [9.17, 15) is 24.3 Å². The van der Waals surface area contributed by atoms with Crippen molar-refractivity contribution >= 4 is 23.7 Å². The van der Waals surface area contributed by atoms with Crippen LogP contribution in [0.4, 0.5) is 0 Å². The summed E-state index contributed by atoms with van der Waals surface area (Å²) in [6.45, 7) is 5.36. The van der Waals surface area contributed by atoms with Crippen LogP contribution in [0.2, 0.25) is 0 Å². The van der Waals surface area contributed by atoms with Crippen LogP contribution in [-0.4, -0.2) is 106 Å². The molecule has 5 N–H and O–H groups in total. The minimum Gasteiger partial charge on any atom is -0.494 e. The molecule has 0 fully saturated rings. The first-order valence-corrected chi connectivity index (χ1v) is 16.5. The van der Waals surface area contributed by atoms with Crippen molar-refractivity contribution in [2.24, 2.45) is 0 Å². The molecule has 262 valence electrons. The van der Waals surface area contributed by atoms with Gasteiger partial charge in [0.1, 0.15) is 12.4 Å². The first kappa shape index (κ1) is 40.8. The van der Waals surface area contributed by atoms with Crippen molar-refractivity contribution in [3.63, 3.8) is 0 Å². The number of amides is 3. The number of carboxylic acids is 1. The third-order valence-electron chi connectivity index (χ3n) is 6.88. The quantitative estimate of drug-likeness (QED) is 0.0775. The summed E-state index contributed by atoms with van der Waals surface area (Å²) in [4.78, 5) is 46.8. The van der Waals surface area contributed by atoms with Crippen molar-refractivity contribution in [2.75, 3.05) is 65.9 Å². The topological polar surface area (TPSA) is 182 Å². The molecule has 0 saturated carbocycles. The molecule has 0 aromatic heterocycles. The summed E-state index contributed by atoms with van der Waals surface area (Å²) in [7, 11) is 0. The van der Waals surface area contributed by atoms with Gasteiger partial charge in [0.2, 0.25) is 17.7 Å². The van der Waals surface area contributed by atoms with Crippen LogP contribution in [0, 0.1) is 0 Å². The highest BCUT2D eigenvalue weighted by Gasteiger charge is 2.13. The molecule has 1 atom stereocenters. The lowest BCUT2D eigenvalue weighted by Crippen LogP contribution is -2.38. The average Bonchev–Trinajstić information content (AvgIpc) is 3.05. The predicted octanol–water partition coefficient (Wildman–Crippen LogP) is 2.83. The van der Waals surface area contributed by atoms with E-state index >= 15 is 0 Å². The number of rotatable bonds is 30. The SMILES string of the molecule is CCOCCNC(=O)COCCCOCCNC(=O)CCC(CO)NC(=O)CCCCCCCCCOc1ccc(C(=O)O)cc1. The van der Waals surface area contributed by atoms with Crippen LogP contribution in [-0.2, 0) is 28.6 Å². The van der Waals surface area contributed by atoms with Crippen LogP contribution >= 0.6 is 0 Å². The van der Waals surface area contributed by atoms with Gasteiger partial charge >= 0.3 is 5.97 Å². The number of aliphatic hydroxyl groups excluding tert-OH is 1. The highest BCUT2D eigenvalue weighted by molar-refractivity contribution is 5.87. The Morgan fingerprint density at radius 1 is 0.696 bits per heavy atom. The maximum Gasteiger partial charge on any atom is 0.335 e. The molecule has 13 heteroatoms. The van der Waals surface area contributed by atoms with E-state index in [1.165, 1.54) is 12.1 Å². The second-order valence-electron chi connectivity index (χ2n) is 10.8. The predicted molar refractivity (Wildman–Crippen MR) is 173 cm³/mol. The van der Waals surface area contributed by atoms with Gasteiger partial charge in [0.15, 0.2) is 0 Å². The molecular weight excluding hydrogens is 598 g/mol. The fourth-order valence-electron chi connectivity index (χ4n) is 4.31. The molecule has 1 aromatic rings. The summed E-state index contributed by atoms with van der Waals surface area (Å²) in [5.74, 6) is -0.761. The Morgan fingerprint density at radius 3 is 2.00 bits per heavy atom. The third-order valence-corrected chi connectivity index (χ3v) is 6.88. The first-order valence-electron chi connectivity index (χ1n) is 16.5. The Kier molecular flexibility index (Phi) is 24.8. The Labute approximate surface area is 273 Å². The Morgan fingerprint density at radius 2 is 1.33 bits per heavy atom. The van der Waals surface area contributed by atoms with Crippen LogP contribution < -0.4 is 20.7 Å². The van der Waals surface area contributed by atoms with E-state index in [0.717, 1.165) is 44.9 Å². The highest BCUT2D eigenvalue weighted by Crippen LogP contribution is 2.14. The standard InChI is InChI=1S/C33H55N3O10/c1-2-43-23-18-35-32(40)26-45-21-10-20-44-24-19-34-30(38)17-14-28(25-37)36-31(39)11-8-6-4-3-5-7-9-22-46-29-15-12-27(13-16-29)33(41)42/h12-13,15-16,28,37H,2-11,14,17-26H2,1H3,(H,34,38)(H,35,40)(H,36,39)(H,41,42). The minimum absolute atomic E-state index is 0.00550. The van der Waals surface area contributed by atoms with E-state index in [-0.39, 0.29) is 42.9 Å². The number of benzene rings is 1. The molecule has 0 saturated heterocycles. The van der Waals surface area contributed by atoms with Gasteiger partial charge in [0, 0.05) is 45.8 Å². The fraction of sp³-hybridized carbons (Fsp3) is 0.697. The van der Waals surface area contributed by atoms with Crippen molar-refractivity contribution in [3.05, 3.63) is 29.8 Å². The van der Waals surface area contributed by atoms with E-state index in [0.29, 0.717) is 77.7 Å². The number of nitrogens with one attached hydrogen (secondary N) is 3. The number of carboxylic acid groups (broad SMARTS) is 1. The summed E-state index contributed by atoms with van der Waals surface area (Å²) < 4.78 is 21.5. The average molecular weight is 654 g/mol. The van der Waals surface area contributed by atoms with Gasteiger partial charge in [-0.25, -0.2) is 4.79 Å². The first-order chi connectivity index (χ1) is 22.3. The van der Waals surface area contributed by atoms with E-state index in [2.05, 4.69) is 16.0 Å². The molecule has 13 nitrogen and oxygen atoms in total. The van der Waals surface area contributed by atoms with Gasteiger partial charge in [-0.3, -0.25) is 14.4 Å². The monoisotopic (exact) mass is 653 g/mol. The molecule has 0 aliphatic rings. The highest BCUT2D eigenvalue weighted by atomic mass is 16.5. The van der Waals surface area contributed by atoms with Crippen LogP contribution in [0.5, 0.6) is 5.75 Å². The molecule has 3 amide bonds. The lowest BCUT2D eigenvalue weighted by atomic mass is 10.1. The van der Waals surface area contributed by atoms with E-state index in [1.54, 1.807) is 12.1 Å². The van der Waals surface area contributed by atoms with Gasteiger partial charge in [0.25, 0.3) is 0 Å². The van der Waals surface area contributed by atoms with Crippen LogP contribution in [0.15, 0.2) is 24.3 Å². The molecule has 0 bridgehead atoms. The molecule has 0 radical (unpaired) electrons. The van der Waals surface area contributed by atoms with Crippen molar-refractivity contribution in [2.45, 2.75) is 83.6 Å². The maximum absolute atomic E-state index is 12.3. The van der Waals surface area contributed by atoms with Crippen molar-refractivity contribution < 1.29 is 48.3 Å². The molecule has 1 unspecified atom stereocenters. The van der Waals surface area contributed by atoms with Crippen molar-refractivity contribution in [3.8, 4) is 5.75 Å². The lowest BCUT2D eigenvalue weighted by molar-refractivity contribution is -0.126. The number of hydrogen-bond donors (Lipinski definition) is 5. The van der Waals surface area contributed by atoms with Gasteiger partial charge < -0.3 is 45.1 Å². The second-order valence-corrected chi connectivity index (χ2v) is 10.8. The number of hydrogen-bond acceptors (Lipinski definition) is 9. The molecule has 1 rings (SSSR count). The number of aromatic carboxylic acids is 1. The molecule has 0 aliphatic carbocycles. The zero-order chi connectivity index (χ0) is 33.7. The number of unbranched alkanes of at least 4 members (excludes halogenated alkanes) is 6. The molecule has 0 heterocycles. The third kappa shape index (κ3) is 23.1. The van der Waals surface area contributed by atoms with Crippen LogP contribution in [0.1, 0.15) is 87.9 Å². The van der Waals surface area contributed by atoms with E-state index in [4.69, 9.17) is 24.1 Å². The van der Waals surface area contributed by atoms with Gasteiger partial charge in [-0.1, -0.05) is 32.1 Å². The molecule has 1 aromatic carbocycles. The largest absolute Gasteiger partial charge is 0.494 e. The van der Waals surface area contributed by atoms with Gasteiger partial charge in [-0.05, 0) is 56.9 Å². The molecule has 0 spiro atoms. The van der Waals surface area contributed by atoms with Gasteiger partial charge in [0.05, 0.1) is 38.0 Å². The zero-order valence-electron chi connectivity index (χ0n) is 27.4. The number of carbonyl (C=O) groups is 4. The molecular formula is C33H55N3O10. The summed E-state index contributed by atoms with van der Waals surface area (Å²) in [6, 6.07) is 5.93. The van der Waals surface area contributed by atoms with Gasteiger partial charge in [-0.2, -0.15) is 0 Å². The number of ether oxygens (including phenoxy) is 4. The van der Waals surface area contributed by atoms with E-state index < -0.39 is 12.0 Å². The summed E-state index contributed by atoms with van der Waals surface area (Å²) in [5.41, 5.74) is 0.238. The summed E-state index contributed by atoms with van der Waals surface area (Å²) >= 11 is 0. The minimum atomic E-state index is -0.955. The molecule has 46 heavy (non-hydrogen) atoms. The number of carbonyl (C=O) groups excluding carboxylic acids is 3. The van der Waals surface area contributed by atoms with Crippen LogP contribution in [0.25, 0.3) is 0 Å². The molecule has 0 aliphatic heterocycles. The Hall–Kier alpha value is -3.26. The zero-order valence-corrected chi connectivity index (χ0v) is 27.4. The Balaban J connectivity index is 1.93. The smallest absolute Gasteiger partial charge is 0.335 e. The summed E-state index contributed by atoms with van der Waals surface area (Å²) in [6.07, 6.45) is 8.46. The normalized spacial score (nSPS) is 11.5.